The van der Waals surface area contributed by atoms with Crippen LogP contribution < -0.4 is 14.5 Å². The van der Waals surface area contributed by atoms with Crippen LogP contribution in [0.5, 0.6) is 5.75 Å². The van der Waals surface area contributed by atoms with Crippen LogP contribution >= 0.6 is 0 Å². The zero-order valence-corrected chi connectivity index (χ0v) is 20.1. The molecule has 0 spiro atoms. The van der Waals surface area contributed by atoms with Gasteiger partial charge in [0.15, 0.2) is 0 Å². The van der Waals surface area contributed by atoms with Gasteiger partial charge in [0.2, 0.25) is 0 Å². The highest BCUT2D eigenvalue weighted by molar-refractivity contribution is 6.08. The van der Waals surface area contributed by atoms with Gasteiger partial charge in [-0.05, 0) is 66.6 Å². The van der Waals surface area contributed by atoms with Crippen molar-refractivity contribution in [3.63, 3.8) is 0 Å². The van der Waals surface area contributed by atoms with Crippen LogP contribution in [0, 0.1) is 6.92 Å². The molecular formula is C30H28N2O3. The molecule has 176 valence electrons. The number of aryl methyl sites for hydroxylation is 1. The number of amides is 2. The Labute approximate surface area is 206 Å². The number of nitrogens with zero attached hydrogens (tertiary/aromatic N) is 2. The van der Waals surface area contributed by atoms with Crippen LogP contribution in [-0.2, 0) is 6.61 Å². The van der Waals surface area contributed by atoms with E-state index in [2.05, 4.69) is 0 Å². The molecule has 2 amide bonds. The molecule has 0 aliphatic carbocycles. The van der Waals surface area contributed by atoms with Crippen LogP contribution in [0.4, 0.5) is 11.4 Å². The third-order valence-electron chi connectivity index (χ3n) is 5.85. The van der Waals surface area contributed by atoms with Crippen molar-refractivity contribution in [1.29, 1.82) is 0 Å². The Morgan fingerprint density at radius 1 is 0.686 bits per heavy atom. The van der Waals surface area contributed by atoms with Crippen molar-refractivity contribution in [2.45, 2.75) is 13.5 Å². The maximum absolute atomic E-state index is 13.3. The predicted octanol–water partition coefficient (Wildman–Crippen LogP) is 6.13. The van der Waals surface area contributed by atoms with Crippen LogP contribution in [0.2, 0.25) is 0 Å². The summed E-state index contributed by atoms with van der Waals surface area (Å²) >= 11 is 0. The van der Waals surface area contributed by atoms with E-state index in [0.29, 0.717) is 34.9 Å². The maximum Gasteiger partial charge on any atom is 0.258 e. The molecular weight excluding hydrogens is 436 g/mol. The Morgan fingerprint density at radius 3 is 1.91 bits per heavy atom. The molecule has 5 heteroatoms. The zero-order chi connectivity index (χ0) is 24.8. The first-order valence-electron chi connectivity index (χ1n) is 11.4. The fraction of sp³-hybridized carbons (Fsp3) is 0.133. The van der Waals surface area contributed by atoms with Gasteiger partial charge in [-0.3, -0.25) is 9.59 Å². The molecule has 5 nitrogen and oxygen atoms in total. The summed E-state index contributed by atoms with van der Waals surface area (Å²) < 4.78 is 6.09. The molecule has 4 aromatic carbocycles. The Hall–Kier alpha value is -4.38. The van der Waals surface area contributed by atoms with Gasteiger partial charge in [0, 0.05) is 30.9 Å². The molecule has 0 atom stereocenters. The molecule has 0 heterocycles. The minimum absolute atomic E-state index is 0.110. The number of rotatable bonds is 7. The average molecular weight is 465 g/mol. The predicted molar refractivity (Wildman–Crippen MR) is 140 cm³/mol. The molecule has 0 bridgehead atoms. The summed E-state index contributed by atoms with van der Waals surface area (Å²) in [5, 5.41) is 0. The number of ether oxygens (including phenoxy) is 1. The fourth-order valence-corrected chi connectivity index (χ4v) is 3.77. The van der Waals surface area contributed by atoms with Crippen molar-refractivity contribution in [1.82, 2.24) is 0 Å². The number of carbonyl (C=O) groups is 2. The molecule has 0 fully saturated rings. The summed E-state index contributed by atoms with van der Waals surface area (Å²) in [5.74, 6) is 0.373. The summed E-state index contributed by atoms with van der Waals surface area (Å²) in [6.45, 7) is 2.41. The fourth-order valence-electron chi connectivity index (χ4n) is 3.77. The summed E-state index contributed by atoms with van der Waals surface area (Å²) in [6, 6.07) is 31.9. The van der Waals surface area contributed by atoms with Crippen molar-refractivity contribution >= 4 is 23.2 Å². The molecule has 0 aliphatic rings. The lowest BCUT2D eigenvalue weighted by molar-refractivity contribution is 0.0986. The summed E-state index contributed by atoms with van der Waals surface area (Å²) in [5.41, 5.74) is 4.63. The highest BCUT2D eigenvalue weighted by Gasteiger charge is 2.19. The van der Waals surface area contributed by atoms with E-state index in [9.17, 15) is 9.59 Å². The molecule has 0 saturated heterocycles. The van der Waals surface area contributed by atoms with E-state index in [1.165, 1.54) is 0 Å². The molecule has 0 unspecified atom stereocenters. The van der Waals surface area contributed by atoms with E-state index in [4.69, 9.17) is 4.74 Å². The number of benzene rings is 4. The lowest BCUT2D eigenvalue weighted by Gasteiger charge is -2.22. The van der Waals surface area contributed by atoms with Crippen molar-refractivity contribution in [3.8, 4) is 5.75 Å². The van der Waals surface area contributed by atoms with Gasteiger partial charge in [-0.2, -0.15) is 0 Å². The number of carbonyl (C=O) groups excluding carboxylic acids is 2. The van der Waals surface area contributed by atoms with Crippen LogP contribution in [-0.4, -0.2) is 25.9 Å². The van der Waals surface area contributed by atoms with Crippen molar-refractivity contribution in [2.24, 2.45) is 0 Å². The van der Waals surface area contributed by atoms with Gasteiger partial charge in [-0.1, -0.05) is 54.6 Å². The van der Waals surface area contributed by atoms with Crippen LogP contribution in [0.25, 0.3) is 0 Å². The third kappa shape index (κ3) is 5.58. The molecule has 0 N–H and O–H groups in total. The van der Waals surface area contributed by atoms with Gasteiger partial charge in [-0.25, -0.2) is 0 Å². The van der Waals surface area contributed by atoms with Crippen molar-refractivity contribution in [3.05, 3.63) is 125 Å². The van der Waals surface area contributed by atoms with Crippen molar-refractivity contribution in [2.75, 3.05) is 23.9 Å². The van der Waals surface area contributed by atoms with Crippen LogP contribution in [0.15, 0.2) is 103 Å². The number of hydrogen-bond donors (Lipinski definition) is 0. The molecule has 4 aromatic rings. The Balaban J connectivity index is 1.50. The van der Waals surface area contributed by atoms with Crippen LogP contribution in [0.3, 0.4) is 0 Å². The molecule has 0 aliphatic heterocycles. The summed E-state index contributed by atoms with van der Waals surface area (Å²) in [7, 11) is 3.46. The van der Waals surface area contributed by atoms with Gasteiger partial charge < -0.3 is 14.5 Å². The topological polar surface area (TPSA) is 49.9 Å². The zero-order valence-electron chi connectivity index (χ0n) is 20.1. The second kappa shape index (κ2) is 10.7. The Bertz CT molecular complexity index is 1300. The average Bonchev–Trinajstić information content (AvgIpc) is 2.91. The lowest BCUT2D eigenvalue weighted by Crippen LogP contribution is -2.28. The highest BCUT2D eigenvalue weighted by Crippen LogP contribution is 2.31. The summed E-state index contributed by atoms with van der Waals surface area (Å²) in [6.07, 6.45) is 0. The highest BCUT2D eigenvalue weighted by atomic mass is 16.5. The first-order valence-corrected chi connectivity index (χ1v) is 11.4. The number of anilines is 2. The first-order chi connectivity index (χ1) is 16.9. The first kappa shape index (κ1) is 23.8. The molecule has 4 rings (SSSR count). The summed E-state index contributed by atoms with van der Waals surface area (Å²) in [4.78, 5) is 29.2. The third-order valence-corrected chi connectivity index (χ3v) is 5.85. The van der Waals surface area contributed by atoms with E-state index >= 15 is 0 Å². The minimum Gasteiger partial charge on any atom is -0.487 e. The maximum atomic E-state index is 13.3. The standard InChI is InChI=1S/C30H28N2O3/c1-22-14-19-27(28(20-22)35-21-23-10-6-4-7-11-23)32(3)30(34)25-15-17-26(18-16-25)31(2)29(33)24-12-8-5-9-13-24/h4-20H,21H2,1-3H3. The quantitative estimate of drug-likeness (QED) is 0.331. The second-order valence-electron chi connectivity index (χ2n) is 8.39. The van der Waals surface area contributed by atoms with Gasteiger partial charge >= 0.3 is 0 Å². The minimum atomic E-state index is -0.165. The molecule has 35 heavy (non-hydrogen) atoms. The van der Waals surface area contributed by atoms with Gasteiger partial charge in [0.1, 0.15) is 12.4 Å². The normalized spacial score (nSPS) is 10.5. The number of hydrogen-bond acceptors (Lipinski definition) is 3. The lowest BCUT2D eigenvalue weighted by atomic mass is 10.1. The largest absolute Gasteiger partial charge is 0.487 e. The van der Waals surface area contributed by atoms with Crippen LogP contribution in [0.1, 0.15) is 31.8 Å². The van der Waals surface area contributed by atoms with Gasteiger partial charge in [-0.15, -0.1) is 0 Å². The SMILES string of the molecule is Cc1ccc(N(C)C(=O)c2ccc(N(C)C(=O)c3ccccc3)cc2)c(OCc2ccccc2)c1. The van der Waals surface area contributed by atoms with Crippen molar-refractivity contribution < 1.29 is 14.3 Å². The monoisotopic (exact) mass is 464 g/mol. The molecule has 0 radical (unpaired) electrons. The van der Waals surface area contributed by atoms with Gasteiger partial charge in [0.25, 0.3) is 11.8 Å². The van der Waals surface area contributed by atoms with E-state index in [1.54, 1.807) is 60.3 Å². The van der Waals surface area contributed by atoms with E-state index < -0.39 is 0 Å². The second-order valence-corrected chi connectivity index (χ2v) is 8.39. The molecule has 0 saturated carbocycles. The van der Waals surface area contributed by atoms with Gasteiger partial charge in [0.05, 0.1) is 5.69 Å². The molecule has 0 aromatic heterocycles. The smallest absolute Gasteiger partial charge is 0.258 e. The van der Waals surface area contributed by atoms with E-state index in [0.717, 1.165) is 11.1 Å². The Morgan fingerprint density at radius 2 is 1.26 bits per heavy atom. The van der Waals surface area contributed by atoms with E-state index in [-0.39, 0.29) is 11.8 Å². The Kier molecular flexibility index (Phi) is 7.27. The van der Waals surface area contributed by atoms with E-state index in [1.807, 2.05) is 73.7 Å².